The Morgan fingerprint density at radius 2 is 2.44 bits per heavy atom. The summed E-state index contributed by atoms with van der Waals surface area (Å²) in [6, 6.07) is 0. The summed E-state index contributed by atoms with van der Waals surface area (Å²) in [6.45, 7) is 1.39. The molecule has 2 heterocycles. The van der Waals surface area contributed by atoms with E-state index in [9.17, 15) is 0 Å². The highest BCUT2D eigenvalue weighted by Crippen LogP contribution is 2.20. The van der Waals surface area contributed by atoms with Crippen LogP contribution in [0.5, 0.6) is 5.88 Å². The van der Waals surface area contributed by atoms with Gasteiger partial charge in [-0.15, -0.1) is 0 Å². The highest BCUT2D eigenvalue weighted by Gasteiger charge is 2.14. The number of ether oxygens (including phenoxy) is 1. The summed E-state index contributed by atoms with van der Waals surface area (Å²) in [5.41, 5.74) is 0. The fraction of sp³-hybridized carbons (Fsp3) is 0.500. The molecular weight excluding hydrogens is 122 g/mol. The molecule has 9 heavy (non-hydrogen) atoms. The van der Waals surface area contributed by atoms with Crippen molar-refractivity contribution in [3.63, 3.8) is 0 Å². The zero-order valence-corrected chi connectivity index (χ0v) is 4.63. The Morgan fingerprint density at radius 1 is 1.44 bits per heavy atom. The van der Waals surface area contributed by atoms with Crippen LogP contribution >= 0.6 is 0 Å². The lowest BCUT2D eigenvalue weighted by atomic mass is 10.5. The van der Waals surface area contributed by atoms with Crippen LogP contribution in [0.3, 0.4) is 0 Å². The summed E-state index contributed by atoms with van der Waals surface area (Å²) in [5.74, 6) is 1.06. The Bertz CT molecular complexity index is 189. The molecule has 0 amide bonds. The van der Waals surface area contributed by atoms with E-state index in [1.807, 2.05) is 0 Å². The summed E-state index contributed by atoms with van der Waals surface area (Å²) < 4.78 is 9.41. The number of aromatic nitrogens is 2. The van der Waals surface area contributed by atoms with Crippen LogP contribution in [0.1, 0.15) is 0 Å². The standard InChI is InChI=1S/C4H5N3O2/c1-2-8-4-3(5-1)6-9-7-4/h1-2H2,(H,5,6). The minimum absolute atomic E-state index is 0.459. The molecule has 5 nitrogen and oxygen atoms in total. The number of hydrogen-bond acceptors (Lipinski definition) is 5. The lowest BCUT2D eigenvalue weighted by molar-refractivity contribution is 0.262. The van der Waals surface area contributed by atoms with Crippen molar-refractivity contribution >= 4 is 5.82 Å². The lowest BCUT2D eigenvalue weighted by Crippen LogP contribution is -2.17. The van der Waals surface area contributed by atoms with E-state index in [-0.39, 0.29) is 0 Å². The van der Waals surface area contributed by atoms with Gasteiger partial charge in [0.25, 0.3) is 5.88 Å². The molecule has 0 saturated heterocycles. The van der Waals surface area contributed by atoms with Crippen molar-refractivity contribution in [2.75, 3.05) is 18.5 Å². The van der Waals surface area contributed by atoms with Gasteiger partial charge in [0.05, 0.1) is 6.54 Å². The molecule has 1 aromatic heterocycles. The highest BCUT2D eigenvalue weighted by atomic mass is 16.6. The first kappa shape index (κ1) is 4.60. The minimum atomic E-state index is 0.459. The number of nitrogens with zero attached hydrogens (tertiary/aromatic N) is 2. The Morgan fingerprint density at radius 3 is 3.33 bits per heavy atom. The van der Waals surface area contributed by atoms with E-state index in [0.717, 1.165) is 6.54 Å². The lowest BCUT2D eigenvalue weighted by Gasteiger charge is -2.09. The topological polar surface area (TPSA) is 60.2 Å². The van der Waals surface area contributed by atoms with Gasteiger partial charge in [-0.25, -0.2) is 4.63 Å². The van der Waals surface area contributed by atoms with E-state index < -0.39 is 0 Å². The van der Waals surface area contributed by atoms with E-state index in [4.69, 9.17) is 4.74 Å². The van der Waals surface area contributed by atoms with Crippen LogP contribution in [0.4, 0.5) is 5.82 Å². The van der Waals surface area contributed by atoms with Gasteiger partial charge in [-0.2, -0.15) is 0 Å². The second-order valence-corrected chi connectivity index (χ2v) is 1.69. The third kappa shape index (κ3) is 0.611. The second-order valence-electron chi connectivity index (χ2n) is 1.69. The van der Waals surface area contributed by atoms with Crippen LogP contribution in [-0.4, -0.2) is 23.5 Å². The van der Waals surface area contributed by atoms with Crippen LogP contribution in [-0.2, 0) is 0 Å². The van der Waals surface area contributed by atoms with Crippen LogP contribution in [0.2, 0.25) is 0 Å². The molecule has 1 aromatic rings. The summed E-state index contributed by atoms with van der Waals surface area (Å²) in [6.07, 6.45) is 0. The molecule has 0 aliphatic carbocycles. The monoisotopic (exact) mass is 127 g/mol. The molecule has 2 rings (SSSR count). The van der Waals surface area contributed by atoms with E-state index in [1.165, 1.54) is 0 Å². The normalized spacial score (nSPS) is 15.6. The highest BCUT2D eigenvalue weighted by molar-refractivity contribution is 5.44. The van der Waals surface area contributed by atoms with Crippen molar-refractivity contribution in [1.29, 1.82) is 0 Å². The molecule has 1 N–H and O–H groups in total. The minimum Gasteiger partial charge on any atom is -0.471 e. The first-order chi connectivity index (χ1) is 4.47. The van der Waals surface area contributed by atoms with E-state index in [1.54, 1.807) is 0 Å². The van der Waals surface area contributed by atoms with E-state index >= 15 is 0 Å². The molecule has 1 aliphatic rings. The Balaban J connectivity index is 2.39. The first-order valence-electron chi connectivity index (χ1n) is 2.66. The Labute approximate surface area is 51.0 Å². The molecule has 5 heteroatoms. The van der Waals surface area contributed by atoms with Gasteiger partial charge in [-0.1, -0.05) is 0 Å². The molecule has 0 saturated carbocycles. The van der Waals surface area contributed by atoms with Gasteiger partial charge < -0.3 is 10.1 Å². The molecular formula is C4H5N3O2. The summed E-state index contributed by atoms with van der Waals surface area (Å²) in [4.78, 5) is 0. The van der Waals surface area contributed by atoms with Crippen molar-refractivity contribution in [3.05, 3.63) is 0 Å². The molecule has 0 fully saturated rings. The average Bonchev–Trinajstić information content (AvgIpc) is 2.33. The van der Waals surface area contributed by atoms with Crippen molar-refractivity contribution < 1.29 is 9.37 Å². The van der Waals surface area contributed by atoms with Crippen LogP contribution in [0.15, 0.2) is 4.63 Å². The SMILES string of the molecule is C1COc2nonc2N1. The van der Waals surface area contributed by atoms with Gasteiger partial charge >= 0.3 is 0 Å². The molecule has 0 spiro atoms. The second kappa shape index (κ2) is 1.61. The summed E-state index contributed by atoms with van der Waals surface area (Å²) >= 11 is 0. The number of anilines is 1. The van der Waals surface area contributed by atoms with Gasteiger partial charge in [-0.05, 0) is 10.3 Å². The molecule has 0 bridgehead atoms. The fourth-order valence-electron chi connectivity index (χ4n) is 0.700. The number of fused-ring (bicyclic) bond motifs is 1. The first-order valence-corrected chi connectivity index (χ1v) is 2.66. The van der Waals surface area contributed by atoms with Crippen LogP contribution in [0.25, 0.3) is 0 Å². The summed E-state index contributed by atoms with van der Waals surface area (Å²) in [5, 5.41) is 9.97. The van der Waals surface area contributed by atoms with Gasteiger partial charge in [-0.3, -0.25) is 0 Å². The smallest absolute Gasteiger partial charge is 0.300 e. The maximum Gasteiger partial charge on any atom is 0.300 e. The van der Waals surface area contributed by atoms with Gasteiger partial charge in [0.1, 0.15) is 6.61 Å². The zero-order chi connectivity index (χ0) is 6.10. The number of rotatable bonds is 0. The molecule has 0 radical (unpaired) electrons. The number of hydrogen-bond donors (Lipinski definition) is 1. The van der Waals surface area contributed by atoms with Crippen LogP contribution in [0, 0.1) is 0 Å². The average molecular weight is 127 g/mol. The predicted octanol–water partition coefficient (Wildman–Crippen LogP) is -0.126. The maximum atomic E-state index is 5.03. The molecule has 48 valence electrons. The third-order valence-corrected chi connectivity index (χ3v) is 1.09. The van der Waals surface area contributed by atoms with Crippen molar-refractivity contribution in [3.8, 4) is 5.88 Å². The van der Waals surface area contributed by atoms with Crippen molar-refractivity contribution in [2.45, 2.75) is 0 Å². The largest absolute Gasteiger partial charge is 0.471 e. The van der Waals surface area contributed by atoms with Crippen molar-refractivity contribution in [1.82, 2.24) is 10.3 Å². The third-order valence-electron chi connectivity index (χ3n) is 1.09. The van der Waals surface area contributed by atoms with Crippen LogP contribution < -0.4 is 10.1 Å². The zero-order valence-electron chi connectivity index (χ0n) is 4.63. The number of nitrogens with one attached hydrogen (secondary N) is 1. The molecule has 0 unspecified atom stereocenters. The van der Waals surface area contributed by atoms with Crippen molar-refractivity contribution in [2.24, 2.45) is 0 Å². The molecule has 1 aliphatic heterocycles. The maximum absolute atomic E-state index is 5.03. The van der Waals surface area contributed by atoms with Gasteiger partial charge in [0.2, 0.25) is 5.82 Å². The van der Waals surface area contributed by atoms with Gasteiger partial charge in [0, 0.05) is 0 Å². The quantitative estimate of drug-likeness (QED) is 0.526. The van der Waals surface area contributed by atoms with E-state index in [2.05, 4.69) is 20.3 Å². The predicted molar refractivity (Wildman–Crippen MR) is 28.3 cm³/mol. The Hall–Kier alpha value is -1.26. The van der Waals surface area contributed by atoms with Gasteiger partial charge in [0.15, 0.2) is 0 Å². The Kier molecular flexibility index (Phi) is 0.824. The fourth-order valence-corrected chi connectivity index (χ4v) is 0.700. The van der Waals surface area contributed by atoms with E-state index in [0.29, 0.717) is 18.3 Å². The summed E-state index contributed by atoms with van der Waals surface area (Å²) in [7, 11) is 0. The molecule has 0 atom stereocenters. The molecule has 0 aromatic carbocycles.